The van der Waals surface area contributed by atoms with Gasteiger partial charge in [0.25, 0.3) is 0 Å². The third-order valence-electron chi connectivity index (χ3n) is 4.31. The van der Waals surface area contributed by atoms with Gasteiger partial charge in [-0.2, -0.15) is 0 Å². The Morgan fingerprint density at radius 1 is 1.05 bits per heavy atom. The summed E-state index contributed by atoms with van der Waals surface area (Å²) in [5, 5.41) is 0. The third kappa shape index (κ3) is 2.85. The molecule has 1 aliphatic carbocycles. The summed E-state index contributed by atoms with van der Waals surface area (Å²) < 4.78 is 1.18. The molecule has 0 saturated carbocycles. The number of fused-ring (bicyclic) bond motifs is 1. The molecule has 0 atom stereocenters. The number of aryl methyl sites for hydroxylation is 1. The van der Waals surface area contributed by atoms with E-state index in [0.717, 1.165) is 6.42 Å². The van der Waals surface area contributed by atoms with Gasteiger partial charge in [0.15, 0.2) is 0 Å². The van der Waals surface area contributed by atoms with Crippen LogP contribution in [0.1, 0.15) is 48.9 Å². The molecule has 0 bridgehead atoms. The van der Waals surface area contributed by atoms with Crippen LogP contribution < -0.4 is 0 Å². The summed E-state index contributed by atoms with van der Waals surface area (Å²) in [5.74, 6) is 0. The molecular weight excluding hydrogens is 320 g/mol. The third-order valence-corrected chi connectivity index (χ3v) is 4.80. The molecule has 1 aliphatic rings. The zero-order valence-corrected chi connectivity index (χ0v) is 14.3. The number of hydrogen-bond donors (Lipinski definition) is 0. The van der Waals surface area contributed by atoms with Gasteiger partial charge >= 0.3 is 0 Å². The largest absolute Gasteiger partial charge is 0.0654 e. The van der Waals surface area contributed by atoms with E-state index in [4.69, 9.17) is 0 Å². The molecular formula is C20H21Br. The van der Waals surface area contributed by atoms with E-state index in [0.29, 0.717) is 0 Å². The first kappa shape index (κ1) is 14.6. The summed E-state index contributed by atoms with van der Waals surface area (Å²) >= 11 is 3.59. The highest BCUT2D eigenvalue weighted by Crippen LogP contribution is 2.39. The van der Waals surface area contributed by atoms with Crippen LogP contribution in [-0.4, -0.2) is 0 Å². The molecule has 0 heterocycles. The van der Waals surface area contributed by atoms with Crippen molar-refractivity contribution in [3.63, 3.8) is 0 Å². The van der Waals surface area contributed by atoms with E-state index in [-0.39, 0.29) is 0 Å². The number of rotatable bonds is 4. The van der Waals surface area contributed by atoms with E-state index in [1.54, 1.807) is 0 Å². The van der Waals surface area contributed by atoms with Crippen molar-refractivity contribution in [3.05, 3.63) is 74.8 Å². The molecule has 21 heavy (non-hydrogen) atoms. The molecule has 0 N–H and O–H groups in total. The minimum atomic E-state index is 1.08. The molecule has 0 spiro atoms. The second-order valence-electron chi connectivity index (χ2n) is 5.89. The molecule has 0 aromatic heterocycles. The lowest BCUT2D eigenvalue weighted by atomic mass is 9.91. The molecule has 2 aromatic rings. The maximum absolute atomic E-state index is 3.59. The number of benzene rings is 2. The van der Waals surface area contributed by atoms with Crippen LogP contribution in [0.4, 0.5) is 0 Å². The van der Waals surface area contributed by atoms with E-state index in [2.05, 4.69) is 72.2 Å². The second-order valence-corrected chi connectivity index (χ2v) is 6.81. The SMILES string of the molecule is CCCCc1ccccc1C1=C(C)Cc2cc(Br)ccc21. The lowest BCUT2D eigenvalue weighted by Gasteiger charge is -2.13. The van der Waals surface area contributed by atoms with Gasteiger partial charge in [0.05, 0.1) is 0 Å². The number of unbranched alkanes of at least 4 members (excludes halogenated alkanes) is 1. The molecule has 0 unspecified atom stereocenters. The fraction of sp³-hybridized carbons (Fsp3) is 0.300. The highest BCUT2D eigenvalue weighted by atomic mass is 79.9. The van der Waals surface area contributed by atoms with Gasteiger partial charge in [0.2, 0.25) is 0 Å². The number of hydrogen-bond acceptors (Lipinski definition) is 0. The Balaban J connectivity index is 2.07. The van der Waals surface area contributed by atoms with Gasteiger partial charge in [-0.25, -0.2) is 0 Å². The van der Waals surface area contributed by atoms with Crippen molar-refractivity contribution in [1.29, 1.82) is 0 Å². The van der Waals surface area contributed by atoms with Crippen molar-refractivity contribution in [1.82, 2.24) is 0 Å². The average Bonchev–Trinajstić information content (AvgIpc) is 2.80. The van der Waals surface area contributed by atoms with Crippen molar-refractivity contribution in [3.8, 4) is 0 Å². The van der Waals surface area contributed by atoms with E-state index in [1.165, 1.54) is 57.1 Å². The summed E-state index contributed by atoms with van der Waals surface area (Å²) in [7, 11) is 0. The maximum atomic E-state index is 3.59. The Kier molecular flexibility index (Phi) is 4.30. The Hall–Kier alpha value is -1.34. The van der Waals surface area contributed by atoms with E-state index in [9.17, 15) is 0 Å². The van der Waals surface area contributed by atoms with Gasteiger partial charge in [-0.1, -0.05) is 65.2 Å². The van der Waals surface area contributed by atoms with Crippen LogP contribution in [0.2, 0.25) is 0 Å². The predicted molar refractivity (Wildman–Crippen MR) is 94.6 cm³/mol. The molecule has 0 radical (unpaired) electrons. The highest BCUT2D eigenvalue weighted by Gasteiger charge is 2.21. The summed E-state index contributed by atoms with van der Waals surface area (Å²) in [6, 6.07) is 15.6. The molecule has 108 valence electrons. The molecule has 0 saturated heterocycles. The number of allylic oxidation sites excluding steroid dienone is 1. The van der Waals surface area contributed by atoms with Crippen molar-refractivity contribution >= 4 is 21.5 Å². The lowest BCUT2D eigenvalue weighted by molar-refractivity contribution is 0.793. The van der Waals surface area contributed by atoms with E-state index >= 15 is 0 Å². The average molecular weight is 341 g/mol. The van der Waals surface area contributed by atoms with Crippen LogP contribution >= 0.6 is 15.9 Å². The van der Waals surface area contributed by atoms with Crippen LogP contribution in [0.15, 0.2) is 52.5 Å². The summed E-state index contributed by atoms with van der Waals surface area (Å²) in [4.78, 5) is 0. The highest BCUT2D eigenvalue weighted by molar-refractivity contribution is 9.10. The maximum Gasteiger partial charge on any atom is 0.0178 e. The molecule has 3 rings (SSSR count). The topological polar surface area (TPSA) is 0 Å². The summed E-state index contributed by atoms with van der Waals surface area (Å²) in [6.07, 6.45) is 4.76. The van der Waals surface area contributed by atoms with Crippen molar-refractivity contribution in [2.24, 2.45) is 0 Å². The standard InChI is InChI=1S/C20H21Br/c1-3-4-7-15-8-5-6-9-18(15)20-14(2)12-16-13-17(21)10-11-19(16)20/h5-6,8-11,13H,3-4,7,12H2,1-2H3. The normalized spacial score (nSPS) is 13.7. The molecule has 1 heteroatoms. The minimum absolute atomic E-state index is 1.08. The Morgan fingerprint density at radius 3 is 2.67 bits per heavy atom. The molecule has 2 aromatic carbocycles. The van der Waals surface area contributed by atoms with Gasteiger partial charge in [-0.3, -0.25) is 0 Å². The van der Waals surface area contributed by atoms with Crippen LogP contribution in [0.25, 0.3) is 5.57 Å². The smallest absolute Gasteiger partial charge is 0.0178 e. The van der Waals surface area contributed by atoms with E-state index < -0.39 is 0 Å². The predicted octanol–water partition coefficient (Wildman–Crippen LogP) is 6.17. The molecule has 0 aliphatic heterocycles. The monoisotopic (exact) mass is 340 g/mol. The molecule has 0 fully saturated rings. The fourth-order valence-electron chi connectivity index (χ4n) is 3.28. The Bertz CT molecular complexity index is 695. The zero-order valence-electron chi connectivity index (χ0n) is 12.7. The second kappa shape index (κ2) is 6.19. The van der Waals surface area contributed by atoms with E-state index in [1.807, 2.05) is 0 Å². The van der Waals surface area contributed by atoms with Gasteiger partial charge in [-0.15, -0.1) is 0 Å². The molecule has 0 amide bonds. The molecule has 0 nitrogen and oxygen atoms in total. The van der Waals surface area contributed by atoms with Gasteiger partial charge in [0, 0.05) is 4.47 Å². The van der Waals surface area contributed by atoms with Crippen molar-refractivity contribution < 1.29 is 0 Å². The van der Waals surface area contributed by atoms with Crippen LogP contribution in [0.5, 0.6) is 0 Å². The van der Waals surface area contributed by atoms with Crippen LogP contribution in [0, 0.1) is 0 Å². The quantitative estimate of drug-likeness (QED) is 0.624. The summed E-state index contributed by atoms with van der Waals surface area (Å²) in [5.41, 5.74) is 8.74. The fourth-order valence-corrected chi connectivity index (χ4v) is 3.69. The lowest BCUT2D eigenvalue weighted by Crippen LogP contribution is -1.95. The summed E-state index contributed by atoms with van der Waals surface area (Å²) in [6.45, 7) is 4.54. The minimum Gasteiger partial charge on any atom is -0.0654 e. The first-order valence-corrected chi connectivity index (χ1v) is 8.57. The van der Waals surface area contributed by atoms with Crippen molar-refractivity contribution in [2.75, 3.05) is 0 Å². The van der Waals surface area contributed by atoms with Gasteiger partial charge in [-0.05, 0) is 66.1 Å². The van der Waals surface area contributed by atoms with Crippen LogP contribution in [-0.2, 0) is 12.8 Å². The first-order valence-electron chi connectivity index (χ1n) is 7.77. The van der Waals surface area contributed by atoms with Crippen LogP contribution in [0.3, 0.4) is 0 Å². The number of halogens is 1. The first-order chi connectivity index (χ1) is 10.2. The van der Waals surface area contributed by atoms with Gasteiger partial charge < -0.3 is 0 Å². The van der Waals surface area contributed by atoms with Gasteiger partial charge in [0.1, 0.15) is 0 Å². The van der Waals surface area contributed by atoms with Crippen molar-refractivity contribution in [2.45, 2.75) is 39.5 Å². The zero-order chi connectivity index (χ0) is 14.8. The Morgan fingerprint density at radius 2 is 1.86 bits per heavy atom. The Labute approximate surface area is 136 Å².